The second-order valence-electron chi connectivity index (χ2n) is 6.19. The number of benzene rings is 1. The van der Waals surface area contributed by atoms with Crippen molar-refractivity contribution in [1.29, 1.82) is 0 Å². The van der Waals surface area contributed by atoms with E-state index in [-0.39, 0.29) is 13.2 Å². The van der Waals surface area contributed by atoms with Crippen LogP contribution in [0.25, 0.3) is 0 Å². The van der Waals surface area contributed by atoms with E-state index in [0.717, 1.165) is 23.7 Å². The summed E-state index contributed by atoms with van der Waals surface area (Å²) in [7, 11) is 1.99. The summed E-state index contributed by atoms with van der Waals surface area (Å²) in [5.74, 6) is 0. The molecule has 0 fully saturated rings. The summed E-state index contributed by atoms with van der Waals surface area (Å²) >= 11 is 1.68. The number of hydrogen-bond acceptors (Lipinski definition) is 5. The maximum atomic E-state index is 9.37. The van der Waals surface area contributed by atoms with E-state index in [1.807, 2.05) is 32.2 Å². The van der Waals surface area contributed by atoms with Gasteiger partial charge in [-0.05, 0) is 12.6 Å². The maximum absolute atomic E-state index is 9.37. The molecule has 2 aromatic rings. The molecule has 0 aliphatic heterocycles. The minimum absolute atomic E-state index is 0.0236. The van der Waals surface area contributed by atoms with Gasteiger partial charge in [0.05, 0.1) is 23.9 Å². The summed E-state index contributed by atoms with van der Waals surface area (Å²) in [5.41, 5.74) is 1.83. The number of aliphatic hydroxyl groups excluding tert-OH is 2. The zero-order valence-electron chi connectivity index (χ0n) is 13.2. The molecule has 22 heavy (non-hydrogen) atoms. The van der Waals surface area contributed by atoms with Crippen LogP contribution in [0, 0.1) is 5.41 Å². The molecule has 1 heterocycles. The van der Waals surface area contributed by atoms with Gasteiger partial charge in [-0.2, -0.15) is 0 Å². The summed E-state index contributed by atoms with van der Waals surface area (Å²) in [4.78, 5) is 6.77. The molecule has 1 aromatic heterocycles. The fraction of sp³-hybridized carbons (Fsp3) is 0.471. The van der Waals surface area contributed by atoms with Crippen LogP contribution in [0.2, 0.25) is 0 Å². The molecular weight excluding hydrogens is 296 g/mol. The SMILES string of the molecule is CN(Cc1csc(Cc2ccccc2)n1)CC(C)(CO)CO. The summed E-state index contributed by atoms with van der Waals surface area (Å²) in [6, 6.07) is 10.3. The third kappa shape index (κ3) is 4.88. The number of nitrogens with zero attached hydrogens (tertiary/aromatic N) is 2. The van der Waals surface area contributed by atoms with Crippen LogP contribution in [0.15, 0.2) is 35.7 Å². The van der Waals surface area contributed by atoms with Crippen molar-refractivity contribution in [3.63, 3.8) is 0 Å². The Morgan fingerprint density at radius 1 is 1.18 bits per heavy atom. The number of aromatic nitrogens is 1. The van der Waals surface area contributed by atoms with Gasteiger partial charge in [0, 0.05) is 30.3 Å². The van der Waals surface area contributed by atoms with E-state index in [2.05, 4.69) is 27.4 Å². The van der Waals surface area contributed by atoms with Gasteiger partial charge in [0.1, 0.15) is 0 Å². The molecule has 0 unspecified atom stereocenters. The fourth-order valence-electron chi connectivity index (χ4n) is 2.41. The molecule has 0 amide bonds. The Morgan fingerprint density at radius 2 is 1.86 bits per heavy atom. The third-order valence-electron chi connectivity index (χ3n) is 3.64. The molecule has 0 atom stereocenters. The van der Waals surface area contributed by atoms with Gasteiger partial charge in [-0.25, -0.2) is 4.98 Å². The second kappa shape index (κ2) is 7.83. The minimum Gasteiger partial charge on any atom is -0.396 e. The average molecular weight is 320 g/mol. The van der Waals surface area contributed by atoms with Gasteiger partial charge >= 0.3 is 0 Å². The van der Waals surface area contributed by atoms with E-state index >= 15 is 0 Å². The van der Waals surface area contributed by atoms with E-state index in [4.69, 9.17) is 0 Å². The predicted molar refractivity (Wildman–Crippen MR) is 90.0 cm³/mol. The quantitative estimate of drug-likeness (QED) is 0.782. The van der Waals surface area contributed by atoms with E-state index in [0.29, 0.717) is 6.54 Å². The van der Waals surface area contributed by atoms with Crippen LogP contribution in [0.5, 0.6) is 0 Å². The van der Waals surface area contributed by atoms with Gasteiger partial charge in [-0.15, -0.1) is 11.3 Å². The lowest BCUT2D eigenvalue weighted by Crippen LogP contribution is -2.38. The van der Waals surface area contributed by atoms with Crippen molar-refractivity contribution < 1.29 is 10.2 Å². The van der Waals surface area contributed by atoms with Gasteiger partial charge in [0.2, 0.25) is 0 Å². The first-order chi connectivity index (χ1) is 10.5. The summed E-state index contributed by atoms with van der Waals surface area (Å²) in [5, 5.41) is 21.9. The molecule has 2 rings (SSSR count). The Labute approximate surface area is 136 Å². The lowest BCUT2D eigenvalue weighted by atomic mass is 9.92. The fourth-order valence-corrected chi connectivity index (χ4v) is 3.23. The highest BCUT2D eigenvalue weighted by atomic mass is 32.1. The largest absolute Gasteiger partial charge is 0.396 e. The molecular formula is C17H24N2O2S. The number of rotatable bonds is 8. The van der Waals surface area contributed by atoms with Gasteiger partial charge in [0.15, 0.2) is 0 Å². The first-order valence-electron chi connectivity index (χ1n) is 7.42. The third-order valence-corrected chi connectivity index (χ3v) is 4.54. The van der Waals surface area contributed by atoms with Crippen molar-refractivity contribution in [2.24, 2.45) is 5.41 Å². The Kier molecular flexibility index (Phi) is 6.08. The van der Waals surface area contributed by atoms with Crippen LogP contribution >= 0.6 is 11.3 Å². The lowest BCUT2D eigenvalue weighted by molar-refractivity contribution is 0.0399. The summed E-state index contributed by atoms with van der Waals surface area (Å²) < 4.78 is 0. The van der Waals surface area contributed by atoms with Crippen molar-refractivity contribution in [3.05, 3.63) is 52.0 Å². The molecule has 0 aliphatic rings. The molecule has 1 aromatic carbocycles. The monoisotopic (exact) mass is 320 g/mol. The molecule has 0 aliphatic carbocycles. The summed E-state index contributed by atoms with van der Waals surface area (Å²) in [6.07, 6.45) is 0.861. The van der Waals surface area contributed by atoms with Crippen LogP contribution in [-0.2, 0) is 13.0 Å². The molecule has 0 spiro atoms. The number of thiazole rings is 1. The molecule has 2 N–H and O–H groups in total. The van der Waals surface area contributed by atoms with Crippen molar-refractivity contribution >= 4 is 11.3 Å². The second-order valence-corrected chi connectivity index (χ2v) is 7.14. The molecule has 4 nitrogen and oxygen atoms in total. The number of hydrogen-bond donors (Lipinski definition) is 2. The van der Waals surface area contributed by atoms with E-state index in [1.54, 1.807) is 11.3 Å². The van der Waals surface area contributed by atoms with Crippen molar-refractivity contribution in [2.75, 3.05) is 26.8 Å². The Morgan fingerprint density at radius 3 is 2.50 bits per heavy atom. The predicted octanol–water partition coefficient (Wildman–Crippen LogP) is 2.16. The molecule has 0 bridgehead atoms. The Bertz CT molecular complexity index is 567. The molecule has 0 radical (unpaired) electrons. The molecule has 0 saturated carbocycles. The smallest absolute Gasteiger partial charge is 0.0972 e. The zero-order valence-corrected chi connectivity index (χ0v) is 14.0. The van der Waals surface area contributed by atoms with E-state index in [9.17, 15) is 10.2 Å². The van der Waals surface area contributed by atoms with Gasteiger partial charge < -0.3 is 10.2 Å². The van der Waals surface area contributed by atoms with Gasteiger partial charge in [-0.1, -0.05) is 37.3 Å². The first kappa shape index (κ1) is 17.1. The average Bonchev–Trinajstić information content (AvgIpc) is 2.95. The molecule has 120 valence electrons. The van der Waals surface area contributed by atoms with Crippen LogP contribution in [0.4, 0.5) is 0 Å². The zero-order chi connectivity index (χ0) is 16.0. The highest BCUT2D eigenvalue weighted by Crippen LogP contribution is 2.19. The highest BCUT2D eigenvalue weighted by Gasteiger charge is 2.24. The lowest BCUT2D eigenvalue weighted by Gasteiger charge is -2.29. The van der Waals surface area contributed by atoms with Crippen LogP contribution in [0.1, 0.15) is 23.2 Å². The number of aliphatic hydroxyl groups is 2. The van der Waals surface area contributed by atoms with Crippen molar-refractivity contribution in [2.45, 2.75) is 19.9 Å². The molecule has 0 saturated heterocycles. The highest BCUT2D eigenvalue weighted by molar-refractivity contribution is 7.09. The first-order valence-corrected chi connectivity index (χ1v) is 8.30. The minimum atomic E-state index is -0.475. The summed E-state index contributed by atoms with van der Waals surface area (Å²) in [6.45, 7) is 3.19. The van der Waals surface area contributed by atoms with Crippen LogP contribution in [-0.4, -0.2) is 46.9 Å². The van der Waals surface area contributed by atoms with Crippen LogP contribution in [0.3, 0.4) is 0 Å². The van der Waals surface area contributed by atoms with Crippen LogP contribution < -0.4 is 0 Å². The van der Waals surface area contributed by atoms with E-state index < -0.39 is 5.41 Å². The van der Waals surface area contributed by atoms with E-state index in [1.165, 1.54) is 5.56 Å². The van der Waals surface area contributed by atoms with Crippen molar-refractivity contribution in [1.82, 2.24) is 9.88 Å². The van der Waals surface area contributed by atoms with Gasteiger partial charge in [0.25, 0.3) is 0 Å². The maximum Gasteiger partial charge on any atom is 0.0972 e. The Balaban J connectivity index is 1.91. The molecule has 5 heteroatoms. The Hall–Kier alpha value is -1.27. The standard InChI is InChI=1S/C17H24N2O2S/c1-17(12-20,13-21)11-19(2)9-15-10-22-16(18-15)8-14-6-4-3-5-7-14/h3-7,10,20-21H,8-9,11-13H2,1-2H3. The van der Waals surface area contributed by atoms with Crippen molar-refractivity contribution in [3.8, 4) is 0 Å². The van der Waals surface area contributed by atoms with Gasteiger partial charge in [-0.3, -0.25) is 4.90 Å². The normalized spacial score (nSPS) is 12.0. The topological polar surface area (TPSA) is 56.6 Å².